The van der Waals surface area contributed by atoms with Gasteiger partial charge in [0.1, 0.15) is 18.0 Å². The van der Waals surface area contributed by atoms with E-state index in [0.29, 0.717) is 47.6 Å². The molecule has 0 heterocycles. The molecule has 0 bridgehead atoms. The maximum atomic E-state index is 12.1. The van der Waals surface area contributed by atoms with Gasteiger partial charge in [-0.1, -0.05) is 63.4 Å². The van der Waals surface area contributed by atoms with Crippen molar-refractivity contribution in [2.24, 2.45) is 11.1 Å². The molecule has 0 aliphatic carbocycles. The smallest absolute Gasteiger partial charge is 0.306 e. The maximum absolute atomic E-state index is 12.1. The number of nitroso groups, excluding NO2 is 1. The predicted molar refractivity (Wildman–Crippen MR) is 122 cm³/mol. The average molecular weight is 430 g/mol. The molecule has 6 heteroatoms. The van der Waals surface area contributed by atoms with Gasteiger partial charge in [-0.2, -0.15) is 0 Å². The normalized spacial score (nSPS) is 11.7. The van der Waals surface area contributed by atoms with Crippen molar-refractivity contribution in [1.29, 1.82) is 0 Å². The minimum Gasteiger partial charge on any atom is -0.489 e. The first-order valence-electron chi connectivity index (χ1n) is 10.6. The molecule has 0 aliphatic heterocycles. The number of thioether (sulfide) groups is 1. The van der Waals surface area contributed by atoms with Gasteiger partial charge < -0.3 is 9.47 Å². The van der Waals surface area contributed by atoms with E-state index < -0.39 is 0 Å². The summed E-state index contributed by atoms with van der Waals surface area (Å²) in [5.74, 6) is 1.42. The van der Waals surface area contributed by atoms with Gasteiger partial charge in [0.05, 0.1) is 13.0 Å². The van der Waals surface area contributed by atoms with Gasteiger partial charge in [0, 0.05) is 10.6 Å². The van der Waals surface area contributed by atoms with Gasteiger partial charge in [-0.25, -0.2) is 0 Å². The van der Waals surface area contributed by atoms with E-state index in [9.17, 15) is 9.70 Å². The van der Waals surface area contributed by atoms with Crippen LogP contribution in [-0.4, -0.2) is 18.3 Å². The highest BCUT2D eigenvalue weighted by atomic mass is 32.2. The molecule has 2 aromatic carbocycles. The second-order valence-electron chi connectivity index (χ2n) is 7.19. The zero-order valence-corrected chi connectivity index (χ0v) is 18.7. The Balaban J connectivity index is 1.81. The van der Waals surface area contributed by atoms with Crippen LogP contribution >= 0.6 is 11.8 Å². The van der Waals surface area contributed by atoms with Gasteiger partial charge in [-0.3, -0.25) is 4.79 Å². The van der Waals surface area contributed by atoms with Crippen molar-refractivity contribution in [2.75, 3.05) is 12.4 Å². The first kappa shape index (κ1) is 23.9. The molecule has 162 valence electrons. The van der Waals surface area contributed by atoms with Gasteiger partial charge in [0.15, 0.2) is 0 Å². The van der Waals surface area contributed by atoms with Gasteiger partial charge in [-0.15, -0.1) is 16.7 Å². The second kappa shape index (κ2) is 13.8. The van der Waals surface area contributed by atoms with Crippen LogP contribution in [-0.2, 0) is 16.1 Å². The summed E-state index contributed by atoms with van der Waals surface area (Å²) < 4.78 is 11.3. The van der Waals surface area contributed by atoms with Crippen molar-refractivity contribution in [2.45, 2.75) is 57.5 Å². The lowest BCUT2D eigenvalue weighted by Crippen LogP contribution is -2.14. The van der Waals surface area contributed by atoms with Crippen LogP contribution in [0, 0.1) is 10.8 Å². The second-order valence-corrected chi connectivity index (χ2v) is 8.33. The van der Waals surface area contributed by atoms with Crippen LogP contribution < -0.4 is 4.74 Å². The van der Waals surface area contributed by atoms with E-state index in [-0.39, 0.29) is 5.97 Å². The zero-order chi connectivity index (χ0) is 21.6. The zero-order valence-electron chi connectivity index (χ0n) is 17.8. The lowest BCUT2D eigenvalue weighted by molar-refractivity contribution is -0.144. The first-order valence-corrected chi connectivity index (χ1v) is 11.6. The molecule has 5 nitrogen and oxygen atoms in total. The first-order chi connectivity index (χ1) is 14.7. The molecular weight excluding hydrogens is 398 g/mol. The number of esters is 1. The Labute approximate surface area is 183 Å². The molecule has 30 heavy (non-hydrogen) atoms. The molecule has 0 spiro atoms. The molecular formula is C24H31NO4S. The van der Waals surface area contributed by atoms with Crippen LogP contribution in [0.5, 0.6) is 5.75 Å². The predicted octanol–water partition coefficient (Wildman–Crippen LogP) is 6.91. The molecule has 0 amide bonds. The summed E-state index contributed by atoms with van der Waals surface area (Å²) in [4.78, 5) is 23.9. The van der Waals surface area contributed by atoms with Crippen LogP contribution in [0.15, 0.2) is 58.6 Å². The van der Waals surface area contributed by atoms with E-state index >= 15 is 0 Å². The Kier molecular flexibility index (Phi) is 11.0. The summed E-state index contributed by atoms with van der Waals surface area (Å²) in [5, 5.41) is 3.08. The average Bonchev–Trinajstić information content (AvgIpc) is 2.78. The number of ether oxygens (including phenoxy) is 2. The molecule has 0 radical (unpaired) electrons. The number of rotatable bonds is 14. The van der Waals surface area contributed by atoms with Crippen molar-refractivity contribution >= 4 is 23.4 Å². The topological polar surface area (TPSA) is 65.0 Å². The number of benzene rings is 2. The number of hydrogen-bond donors (Lipinski definition) is 0. The summed E-state index contributed by atoms with van der Waals surface area (Å²) in [5.41, 5.74) is 1.42. The molecule has 0 fully saturated rings. The van der Waals surface area contributed by atoms with E-state index in [2.05, 4.69) is 19.0 Å². The van der Waals surface area contributed by atoms with E-state index in [1.54, 1.807) is 18.2 Å². The highest BCUT2D eigenvalue weighted by Crippen LogP contribution is 2.33. The highest BCUT2D eigenvalue weighted by molar-refractivity contribution is 7.99. The monoisotopic (exact) mass is 429 g/mol. The molecule has 2 rings (SSSR count). The van der Waals surface area contributed by atoms with E-state index in [1.807, 2.05) is 30.3 Å². The summed E-state index contributed by atoms with van der Waals surface area (Å²) in [6.07, 6.45) is 4.73. The molecule has 2 aromatic rings. The third-order valence-electron chi connectivity index (χ3n) is 4.86. The number of hydrogen-bond acceptors (Lipinski definition) is 6. The van der Waals surface area contributed by atoms with Crippen LogP contribution in [0.1, 0.15) is 51.5 Å². The van der Waals surface area contributed by atoms with Crippen molar-refractivity contribution in [3.8, 4) is 5.75 Å². The van der Waals surface area contributed by atoms with Gasteiger partial charge in [0.25, 0.3) is 0 Å². The third kappa shape index (κ3) is 8.57. The lowest BCUT2D eigenvalue weighted by atomic mass is 10.0. The lowest BCUT2D eigenvalue weighted by Gasteiger charge is -2.14. The molecule has 0 aromatic heterocycles. The third-order valence-corrected chi connectivity index (χ3v) is 5.91. The molecule has 0 saturated heterocycles. The summed E-state index contributed by atoms with van der Waals surface area (Å²) in [6.45, 7) is 5.23. The standard InChI is InChI=1S/C24H31NO4S/c1-3-5-9-19(4-2)17-29-24(26)14-15-30-23-16-21(12-13-22(23)25-27)28-18-20-10-7-6-8-11-20/h6-8,10-13,16,19H,3-5,9,14-15,17-18H2,1-2H3. The van der Waals surface area contributed by atoms with E-state index in [0.717, 1.165) is 31.2 Å². The van der Waals surface area contributed by atoms with Crippen molar-refractivity contribution in [3.63, 3.8) is 0 Å². The summed E-state index contributed by atoms with van der Waals surface area (Å²) in [6, 6.07) is 15.1. The number of unbranched alkanes of at least 4 members (excludes halogenated alkanes) is 1. The fourth-order valence-corrected chi connectivity index (χ4v) is 3.88. The highest BCUT2D eigenvalue weighted by Gasteiger charge is 2.12. The number of nitrogens with zero attached hydrogens (tertiary/aromatic N) is 1. The Hall–Kier alpha value is -2.34. The van der Waals surface area contributed by atoms with Crippen molar-refractivity contribution in [3.05, 3.63) is 59.0 Å². The fourth-order valence-electron chi connectivity index (χ4n) is 2.94. The molecule has 0 aliphatic rings. The summed E-state index contributed by atoms with van der Waals surface area (Å²) >= 11 is 1.42. The largest absolute Gasteiger partial charge is 0.489 e. The Morgan fingerprint density at radius 3 is 2.63 bits per heavy atom. The Morgan fingerprint density at radius 1 is 1.13 bits per heavy atom. The maximum Gasteiger partial charge on any atom is 0.306 e. The van der Waals surface area contributed by atoms with Crippen LogP contribution in [0.2, 0.25) is 0 Å². The SMILES string of the molecule is CCCCC(CC)COC(=O)CCSc1cc(OCc2ccccc2)ccc1N=O. The minimum atomic E-state index is -0.199. The quantitative estimate of drug-likeness (QED) is 0.185. The van der Waals surface area contributed by atoms with Crippen molar-refractivity contribution < 1.29 is 14.3 Å². The van der Waals surface area contributed by atoms with Crippen LogP contribution in [0.4, 0.5) is 5.69 Å². The van der Waals surface area contributed by atoms with E-state index in [1.165, 1.54) is 11.8 Å². The Morgan fingerprint density at radius 2 is 1.93 bits per heavy atom. The van der Waals surface area contributed by atoms with Crippen LogP contribution in [0.25, 0.3) is 0 Å². The van der Waals surface area contributed by atoms with Gasteiger partial charge in [0.2, 0.25) is 0 Å². The fraction of sp³-hybridized carbons (Fsp3) is 0.458. The minimum absolute atomic E-state index is 0.199. The van der Waals surface area contributed by atoms with Gasteiger partial charge >= 0.3 is 5.97 Å². The molecule has 0 N–H and O–H groups in total. The van der Waals surface area contributed by atoms with Crippen molar-refractivity contribution in [1.82, 2.24) is 0 Å². The van der Waals surface area contributed by atoms with Gasteiger partial charge in [-0.05, 0) is 41.3 Å². The van der Waals surface area contributed by atoms with Crippen LogP contribution in [0.3, 0.4) is 0 Å². The van der Waals surface area contributed by atoms with E-state index in [4.69, 9.17) is 9.47 Å². The summed E-state index contributed by atoms with van der Waals surface area (Å²) in [7, 11) is 0. The molecule has 1 unspecified atom stereocenters. The Bertz CT molecular complexity index is 782. The number of carbonyl (C=O) groups excluding carboxylic acids is 1. The molecule has 1 atom stereocenters. The molecule has 0 saturated carbocycles. The number of carbonyl (C=O) groups is 1.